The van der Waals surface area contributed by atoms with Crippen molar-refractivity contribution in [2.75, 3.05) is 20.6 Å². The van der Waals surface area contributed by atoms with Crippen LogP contribution in [0.1, 0.15) is 16.5 Å². The second-order valence-electron chi connectivity index (χ2n) is 4.99. The Morgan fingerprint density at radius 2 is 2.23 bits per heavy atom. The number of aliphatic imine (C=N–C) groups is 1. The van der Waals surface area contributed by atoms with Gasteiger partial charge in [-0.25, -0.2) is 0 Å². The Hall–Kier alpha value is -2.25. The number of aromatic hydroxyl groups is 1. The van der Waals surface area contributed by atoms with Crippen LogP contribution >= 0.6 is 11.3 Å². The van der Waals surface area contributed by atoms with Gasteiger partial charge in [0.2, 0.25) is 0 Å². The maximum Gasteiger partial charge on any atom is 0.270 e. The fraction of sp³-hybridized carbons (Fsp3) is 0.267. The van der Waals surface area contributed by atoms with Gasteiger partial charge in [-0.2, -0.15) is 0 Å². The molecule has 0 bridgehead atoms. The van der Waals surface area contributed by atoms with Gasteiger partial charge in [0, 0.05) is 28.8 Å². The average Bonchev–Trinajstić information content (AvgIpc) is 2.98. The first kappa shape index (κ1) is 16.1. The van der Waals surface area contributed by atoms with Crippen LogP contribution in [0.2, 0.25) is 0 Å². The summed E-state index contributed by atoms with van der Waals surface area (Å²) in [7, 11) is 3.95. The number of phenolic OH excluding ortho intramolecular Hbond substituents is 1. The van der Waals surface area contributed by atoms with Crippen LogP contribution in [0.15, 0.2) is 40.7 Å². The zero-order chi connectivity index (χ0) is 16.1. The molecule has 1 aromatic heterocycles. The highest BCUT2D eigenvalue weighted by Gasteiger charge is 2.14. The van der Waals surface area contributed by atoms with Gasteiger partial charge in [0.25, 0.3) is 5.69 Å². The highest BCUT2D eigenvalue weighted by molar-refractivity contribution is 7.10. The predicted molar refractivity (Wildman–Crippen MR) is 88.0 cm³/mol. The van der Waals surface area contributed by atoms with Crippen molar-refractivity contribution in [1.82, 2.24) is 4.90 Å². The molecule has 1 heterocycles. The Kier molecular flexibility index (Phi) is 5.24. The van der Waals surface area contributed by atoms with E-state index in [0.29, 0.717) is 12.1 Å². The largest absolute Gasteiger partial charge is 0.507 e. The molecule has 0 aliphatic carbocycles. The third kappa shape index (κ3) is 3.90. The van der Waals surface area contributed by atoms with Crippen LogP contribution in [0, 0.1) is 10.1 Å². The summed E-state index contributed by atoms with van der Waals surface area (Å²) < 4.78 is 0. The molecule has 0 spiro atoms. The highest BCUT2D eigenvalue weighted by atomic mass is 32.1. The summed E-state index contributed by atoms with van der Waals surface area (Å²) in [5, 5.41) is 22.5. The first-order valence-electron chi connectivity index (χ1n) is 6.66. The Morgan fingerprint density at radius 1 is 1.45 bits per heavy atom. The molecule has 2 aromatic rings. The fourth-order valence-electron chi connectivity index (χ4n) is 2.00. The van der Waals surface area contributed by atoms with Gasteiger partial charge in [-0.3, -0.25) is 15.1 Å². The number of nitro groups is 1. The van der Waals surface area contributed by atoms with Crippen molar-refractivity contribution in [2.24, 2.45) is 4.99 Å². The molecular formula is C15H17N3O3S. The Morgan fingerprint density at radius 3 is 2.82 bits per heavy atom. The Balaban J connectivity index is 2.14. The number of benzene rings is 1. The monoisotopic (exact) mass is 319 g/mol. The van der Waals surface area contributed by atoms with Crippen molar-refractivity contribution >= 4 is 23.2 Å². The lowest BCUT2D eigenvalue weighted by Crippen LogP contribution is -2.21. The van der Waals surface area contributed by atoms with Gasteiger partial charge in [-0.1, -0.05) is 6.07 Å². The van der Waals surface area contributed by atoms with Crippen molar-refractivity contribution in [1.29, 1.82) is 0 Å². The second-order valence-corrected chi connectivity index (χ2v) is 5.97. The molecule has 0 saturated heterocycles. The van der Waals surface area contributed by atoms with Crippen LogP contribution in [0.25, 0.3) is 0 Å². The van der Waals surface area contributed by atoms with Crippen LogP contribution in [-0.2, 0) is 0 Å². The molecule has 0 aliphatic rings. The quantitative estimate of drug-likeness (QED) is 0.504. The lowest BCUT2D eigenvalue weighted by Gasteiger charge is -2.21. The minimum atomic E-state index is -0.495. The zero-order valence-corrected chi connectivity index (χ0v) is 13.2. The van der Waals surface area contributed by atoms with E-state index in [2.05, 4.69) is 16.0 Å². The number of non-ortho nitro benzene ring substituents is 1. The van der Waals surface area contributed by atoms with Gasteiger partial charge >= 0.3 is 0 Å². The molecule has 22 heavy (non-hydrogen) atoms. The minimum Gasteiger partial charge on any atom is -0.507 e. The third-order valence-corrected chi connectivity index (χ3v) is 4.20. The summed E-state index contributed by atoms with van der Waals surface area (Å²) in [5.74, 6) is -0.0214. The SMILES string of the molecule is CN(C)[C@@H](CN=Cc1cc([N+](=O)[O-])ccc1O)c1cccs1. The molecule has 116 valence electrons. The number of phenols is 1. The van der Waals surface area contributed by atoms with Crippen LogP contribution in [0.5, 0.6) is 5.75 Å². The lowest BCUT2D eigenvalue weighted by atomic mass is 10.2. The molecule has 0 fully saturated rings. The van der Waals surface area contributed by atoms with E-state index < -0.39 is 4.92 Å². The number of nitro benzene ring substituents is 1. The second kappa shape index (κ2) is 7.15. The number of likely N-dealkylation sites (N-methyl/N-ethyl adjacent to an activating group) is 1. The molecule has 0 unspecified atom stereocenters. The van der Waals surface area contributed by atoms with Gasteiger partial charge in [0.05, 0.1) is 17.5 Å². The van der Waals surface area contributed by atoms with E-state index in [9.17, 15) is 15.2 Å². The molecule has 0 saturated carbocycles. The van der Waals surface area contributed by atoms with Gasteiger partial charge in [0.15, 0.2) is 0 Å². The van der Waals surface area contributed by atoms with Crippen molar-refractivity contribution in [3.63, 3.8) is 0 Å². The highest BCUT2D eigenvalue weighted by Crippen LogP contribution is 2.24. The molecule has 1 aromatic carbocycles. The van der Waals surface area contributed by atoms with E-state index in [4.69, 9.17) is 0 Å². The Bertz CT molecular complexity index is 669. The standard InChI is InChI=1S/C15H17N3O3S/c1-17(2)13(15-4-3-7-22-15)10-16-9-11-8-12(18(20)21)5-6-14(11)19/h3-9,13,19H,10H2,1-2H3/t13-/m0/s1. The maximum absolute atomic E-state index is 10.8. The average molecular weight is 319 g/mol. The van der Waals surface area contributed by atoms with E-state index in [1.807, 2.05) is 25.5 Å². The molecule has 0 amide bonds. The van der Waals surface area contributed by atoms with Crippen molar-refractivity contribution in [3.8, 4) is 5.75 Å². The van der Waals surface area contributed by atoms with Crippen LogP contribution in [0.3, 0.4) is 0 Å². The number of thiophene rings is 1. The Labute approximate surface area is 132 Å². The number of rotatable bonds is 6. The summed E-state index contributed by atoms with van der Waals surface area (Å²) >= 11 is 1.66. The molecule has 0 radical (unpaired) electrons. The van der Waals surface area contributed by atoms with Crippen molar-refractivity contribution < 1.29 is 10.0 Å². The molecule has 7 heteroatoms. The molecular weight excluding hydrogens is 302 g/mol. The normalized spacial score (nSPS) is 12.9. The molecule has 6 nitrogen and oxygen atoms in total. The fourth-order valence-corrected chi connectivity index (χ4v) is 2.91. The van der Waals surface area contributed by atoms with Gasteiger partial charge in [-0.15, -0.1) is 11.3 Å². The summed E-state index contributed by atoms with van der Waals surface area (Å²) in [6.07, 6.45) is 1.48. The van der Waals surface area contributed by atoms with Crippen LogP contribution < -0.4 is 0 Å². The van der Waals surface area contributed by atoms with E-state index >= 15 is 0 Å². The summed E-state index contributed by atoms with van der Waals surface area (Å²) in [6.45, 7) is 0.510. The van der Waals surface area contributed by atoms with Gasteiger partial charge < -0.3 is 10.0 Å². The molecule has 1 atom stereocenters. The van der Waals surface area contributed by atoms with Gasteiger partial charge in [-0.05, 0) is 31.6 Å². The number of hydrogen-bond acceptors (Lipinski definition) is 6. The van der Waals surface area contributed by atoms with E-state index in [1.54, 1.807) is 11.3 Å². The summed E-state index contributed by atoms with van der Waals surface area (Å²) in [6, 6.07) is 8.07. The first-order chi connectivity index (χ1) is 10.5. The van der Waals surface area contributed by atoms with Gasteiger partial charge in [0.1, 0.15) is 5.75 Å². The lowest BCUT2D eigenvalue weighted by molar-refractivity contribution is -0.384. The van der Waals surface area contributed by atoms with Crippen LogP contribution in [-0.4, -0.2) is 41.8 Å². The van der Waals surface area contributed by atoms with E-state index in [0.717, 1.165) is 0 Å². The molecule has 1 N–H and O–H groups in total. The molecule has 0 aliphatic heterocycles. The predicted octanol–water partition coefficient (Wildman–Crippen LogP) is 3.08. The number of nitrogens with zero attached hydrogens (tertiary/aromatic N) is 3. The zero-order valence-electron chi connectivity index (χ0n) is 12.3. The van der Waals surface area contributed by atoms with E-state index in [-0.39, 0.29) is 17.5 Å². The molecule has 2 rings (SSSR count). The maximum atomic E-state index is 10.8. The minimum absolute atomic E-state index is 0.0214. The first-order valence-corrected chi connectivity index (χ1v) is 7.54. The smallest absolute Gasteiger partial charge is 0.270 e. The topological polar surface area (TPSA) is 79.0 Å². The third-order valence-electron chi connectivity index (χ3n) is 3.23. The van der Waals surface area contributed by atoms with Crippen molar-refractivity contribution in [2.45, 2.75) is 6.04 Å². The number of hydrogen-bond donors (Lipinski definition) is 1. The van der Waals surface area contributed by atoms with Crippen molar-refractivity contribution in [3.05, 3.63) is 56.3 Å². The van der Waals surface area contributed by atoms with E-state index in [1.165, 1.54) is 29.3 Å². The van der Waals surface area contributed by atoms with Crippen LogP contribution in [0.4, 0.5) is 5.69 Å². The summed E-state index contributed by atoms with van der Waals surface area (Å²) in [5.41, 5.74) is 0.277. The summed E-state index contributed by atoms with van der Waals surface area (Å²) in [4.78, 5) is 17.9.